The standard InChI is InChI=1S/C8H20NO5P/c1-8(10)7-14-15(11,12)13-6-5-9(2,3)4/h8,10H,5-7H2,1-4H3/p+1/t8-/m1/s1. The van der Waals surface area contributed by atoms with Crippen LogP contribution in [0.4, 0.5) is 0 Å². The van der Waals surface area contributed by atoms with Crippen molar-refractivity contribution in [1.82, 2.24) is 0 Å². The maximum absolute atomic E-state index is 11.2. The molecule has 2 N–H and O–H groups in total. The van der Waals surface area contributed by atoms with Gasteiger partial charge in [-0.25, -0.2) is 4.57 Å². The summed E-state index contributed by atoms with van der Waals surface area (Å²) in [4.78, 5) is 9.15. The number of hydrogen-bond acceptors (Lipinski definition) is 4. The van der Waals surface area contributed by atoms with E-state index in [1.54, 1.807) is 0 Å². The molecule has 0 aliphatic rings. The number of hydrogen-bond donors (Lipinski definition) is 2. The molecule has 0 aliphatic carbocycles. The van der Waals surface area contributed by atoms with E-state index in [-0.39, 0.29) is 13.2 Å². The fourth-order valence-corrected chi connectivity index (χ4v) is 1.46. The molecule has 0 aromatic carbocycles. The molecule has 0 aliphatic heterocycles. The molecule has 0 saturated carbocycles. The van der Waals surface area contributed by atoms with Crippen molar-refractivity contribution < 1.29 is 28.1 Å². The number of phosphoric acid groups is 1. The molecule has 0 amide bonds. The van der Waals surface area contributed by atoms with Gasteiger partial charge < -0.3 is 14.5 Å². The molecule has 0 aromatic heterocycles. The Morgan fingerprint density at radius 1 is 1.33 bits per heavy atom. The summed E-state index contributed by atoms with van der Waals surface area (Å²) in [7, 11) is 1.84. The molecule has 0 aromatic rings. The van der Waals surface area contributed by atoms with Crippen LogP contribution in [-0.4, -0.2) is 61.5 Å². The van der Waals surface area contributed by atoms with Gasteiger partial charge in [-0.3, -0.25) is 9.05 Å². The average molecular weight is 242 g/mol. The molecule has 0 heterocycles. The lowest BCUT2D eigenvalue weighted by atomic mass is 10.5. The van der Waals surface area contributed by atoms with Crippen LogP contribution in [-0.2, 0) is 13.6 Å². The molecule has 0 saturated heterocycles. The maximum Gasteiger partial charge on any atom is 0.472 e. The van der Waals surface area contributed by atoms with Crippen molar-refractivity contribution in [2.24, 2.45) is 0 Å². The van der Waals surface area contributed by atoms with Crippen LogP contribution in [0.2, 0.25) is 0 Å². The lowest BCUT2D eigenvalue weighted by Gasteiger charge is -2.24. The number of nitrogens with zero attached hydrogens (tertiary/aromatic N) is 1. The third kappa shape index (κ3) is 10.3. The normalized spacial score (nSPS) is 18.5. The first kappa shape index (κ1) is 15.0. The minimum absolute atomic E-state index is 0.136. The maximum atomic E-state index is 11.2. The van der Waals surface area contributed by atoms with Gasteiger partial charge in [-0.2, -0.15) is 0 Å². The van der Waals surface area contributed by atoms with Crippen molar-refractivity contribution in [3.8, 4) is 0 Å². The Bertz CT molecular complexity index is 226. The van der Waals surface area contributed by atoms with Gasteiger partial charge in [0.1, 0.15) is 13.2 Å². The predicted octanol–water partition coefficient (Wildman–Crippen LogP) is 0.207. The molecule has 6 nitrogen and oxygen atoms in total. The van der Waals surface area contributed by atoms with Crippen LogP contribution in [0.25, 0.3) is 0 Å². The smallest absolute Gasteiger partial charge is 0.391 e. The number of rotatable bonds is 7. The average Bonchev–Trinajstić information content (AvgIpc) is 1.98. The lowest BCUT2D eigenvalue weighted by Crippen LogP contribution is -2.37. The van der Waals surface area contributed by atoms with Crippen molar-refractivity contribution in [3.63, 3.8) is 0 Å². The van der Waals surface area contributed by atoms with Gasteiger partial charge >= 0.3 is 7.82 Å². The molecule has 0 rings (SSSR count). The molecule has 0 fully saturated rings. The largest absolute Gasteiger partial charge is 0.472 e. The third-order valence-corrected chi connectivity index (χ3v) is 2.48. The first-order chi connectivity index (χ1) is 6.62. The minimum Gasteiger partial charge on any atom is -0.391 e. The second kappa shape index (κ2) is 5.94. The van der Waals surface area contributed by atoms with Crippen LogP contribution >= 0.6 is 7.82 Å². The summed E-state index contributed by atoms with van der Waals surface area (Å²) in [6, 6.07) is 0. The molecular weight excluding hydrogens is 221 g/mol. The second-order valence-electron chi connectivity index (χ2n) is 4.46. The van der Waals surface area contributed by atoms with Gasteiger partial charge in [0.25, 0.3) is 0 Å². The van der Waals surface area contributed by atoms with Gasteiger partial charge in [-0.15, -0.1) is 0 Å². The van der Waals surface area contributed by atoms with Crippen LogP contribution in [0.15, 0.2) is 0 Å². The molecule has 0 bridgehead atoms. The highest BCUT2D eigenvalue weighted by Crippen LogP contribution is 2.42. The molecule has 15 heavy (non-hydrogen) atoms. The fourth-order valence-electron chi connectivity index (χ4n) is 0.669. The predicted molar refractivity (Wildman–Crippen MR) is 56.3 cm³/mol. The molecule has 0 radical (unpaired) electrons. The first-order valence-corrected chi connectivity index (χ1v) is 6.22. The van der Waals surface area contributed by atoms with E-state index in [9.17, 15) is 4.57 Å². The van der Waals surface area contributed by atoms with E-state index >= 15 is 0 Å². The number of aliphatic hydroxyl groups is 1. The van der Waals surface area contributed by atoms with Crippen molar-refractivity contribution >= 4 is 7.82 Å². The van der Waals surface area contributed by atoms with E-state index in [0.29, 0.717) is 11.0 Å². The van der Waals surface area contributed by atoms with Gasteiger partial charge in [-0.1, -0.05) is 0 Å². The molecule has 92 valence electrons. The number of aliphatic hydroxyl groups excluding tert-OH is 1. The van der Waals surface area contributed by atoms with Gasteiger partial charge in [0.05, 0.1) is 33.9 Å². The van der Waals surface area contributed by atoms with Crippen molar-refractivity contribution in [3.05, 3.63) is 0 Å². The van der Waals surface area contributed by atoms with Crippen LogP contribution < -0.4 is 0 Å². The zero-order valence-electron chi connectivity index (χ0n) is 9.71. The lowest BCUT2D eigenvalue weighted by molar-refractivity contribution is -0.870. The van der Waals surface area contributed by atoms with Gasteiger partial charge in [0.15, 0.2) is 0 Å². The highest BCUT2D eigenvalue weighted by Gasteiger charge is 2.22. The van der Waals surface area contributed by atoms with Crippen molar-refractivity contribution in [2.45, 2.75) is 13.0 Å². The van der Waals surface area contributed by atoms with E-state index < -0.39 is 13.9 Å². The summed E-state index contributed by atoms with van der Waals surface area (Å²) in [5.41, 5.74) is 0. The van der Waals surface area contributed by atoms with Gasteiger partial charge in [0.2, 0.25) is 0 Å². The molecule has 7 heteroatoms. The fraction of sp³-hybridized carbons (Fsp3) is 1.00. The zero-order chi connectivity index (χ0) is 12.1. The highest BCUT2D eigenvalue weighted by molar-refractivity contribution is 7.47. The van der Waals surface area contributed by atoms with E-state index in [1.807, 2.05) is 21.1 Å². The molecular formula is C8H21NO5P+. The van der Waals surface area contributed by atoms with Crippen LogP contribution in [0.3, 0.4) is 0 Å². The summed E-state index contributed by atoms with van der Waals surface area (Å²) < 4.78 is 21.1. The summed E-state index contributed by atoms with van der Waals surface area (Å²) in [6.07, 6.45) is -0.785. The zero-order valence-corrected chi connectivity index (χ0v) is 10.6. The van der Waals surface area contributed by atoms with Crippen LogP contribution in [0.5, 0.6) is 0 Å². The summed E-state index contributed by atoms with van der Waals surface area (Å²) in [5, 5.41) is 8.85. The Morgan fingerprint density at radius 3 is 2.27 bits per heavy atom. The molecule has 1 unspecified atom stereocenters. The Morgan fingerprint density at radius 2 is 1.87 bits per heavy atom. The number of likely N-dealkylation sites (N-methyl/N-ethyl adjacent to an activating group) is 1. The quantitative estimate of drug-likeness (QED) is 0.493. The van der Waals surface area contributed by atoms with E-state index in [2.05, 4.69) is 4.52 Å². The third-order valence-electron chi connectivity index (χ3n) is 1.50. The highest BCUT2D eigenvalue weighted by atomic mass is 31.2. The Labute approximate surface area is 90.6 Å². The number of quaternary nitrogens is 1. The molecule has 2 atom stereocenters. The minimum atomic E-state index is -4.00. The van der Waals surface area contributed by atoms with Crippen LogP contribution in [0, 0.1) is 0 Å². The van der Waals surface area contributed by atoms with Gasteiger partial charge in [-0.05, 0) is 6.92 Å². The first-order valence-electron chi connectivity index (χ1n) is 4.73. The van der Waals surface area contributed by atoms with Crippen LogP contribution in [0.1, 0.15) is 6.92 Å². The SMILES string of the molecule is C[C@@H](O)COP(=O)(O)OCC[N+](C)(C)C. The van der Waals surface area contributed by atoms with Crippen molar-refractivity contribution in [1.29, 1.82) is 0 Å². The molecule has 0 spiro atoms. The summed E-state index contributed by atoms with van der Waals surface area (Å²) in [5.74, 6) is 0. The van der Waals surface area contributed by atoms with E-state index in [4.69, 9.17) is 14.5 Å². The second-order valence-corrected chi connectivity index (χ2v) is 5.91. The van der Waals surface area contributed by atoms with E-state index in [1.165, 1.54) is 6.92 Å². The van der Waals surface area contributed by atoms with Crippen molar-refractivity contribution in [2.75, 3.05) is 40.9 Å². The Balaban J connectivity index is 3.79. The summed E-state index contributed by atoms with van der Waals surface area (Å²) >= 11 is 0. The Hall–Kier alpha value is 0.0300. The van der Waals surface area contributed by atoms with E-state index in [0.717, 1.165) is 0 Å². The van der Waals surface area contributed by atoms with Gasteiger partial charge in [0, 0.05) is 0 Å². The Kier molecular flexibility index (Phi) is 5.95. The topological polar surface area (TPSA) is 76.0 Å². The number of phosphoric ester groups is 1. The summed E-state index contributed by atoms with van der Waals surface area (Å²) in [6.45, 7) is 1.99. The monoisotopic (exact) mass is 242 g/mol.